The molecule has 20 heavy (non-hydrogen) atoms. The third-order valence-electron chi connectivity index (χ3n) is 3.26. The molecular weight excluding hydrogens is 285 g/mol. The summed E-state index contributed by atoms with van der Waals surface area (Å²) in [4.78, 5) is 7.23. The predicted molar refractivity (Wildman–Crippen MR) is 72.8 cm³/mol. The molecule has 1 aliphatic carbocycles. The summed E-state index contributed by atoms with van der Waals surface area (Å²) >= 11 is 1.61. The summed E-state index contributed by atoms with van der Waals surface area (Å²) in [6.45, 7) is 0.622. The number of anilines is 1. The van der Waals surface area contributed by atoms with Crippen molar-refractivity contribution < 1.29 is 13.2 Å². The van der Waals surface area contributed by atoms with Gasteiger partial charge in [-0.1, -0.05) is 6.07 Å². The molecular formula is C14H13F3N2S. The van der Waals surface area contributed by atoms with Gasteiger partial charge in [0, 0.05) is 17.1 Å². The number of halogens is 3. The van der Waals surface area contributed by atoms with E-state index in [4.69, 9.17) is 0 Å². The zero-order chi connectivity index (χ0) is 14.2. The van der Waals surface area contributed by atoms with Crippen LogP contribution in [0.5, 0.6) is 0 Å². The van der Waals surface area contributed by atoms with E-state index in [0.717, 1.165) is 29.9 Å². The average Bonchev–Trinajstić information content (AvgIpc) is 3.12. The standard InChI is InChI=1S/C14H13F3N2S/c15-14(16,17)10-5-6-18-13(8-10)19(11-3-4-11)9-12-2-1-7-20-12/h1-2,5-8,11H,3-4,9H2. The second-order valence-electron chi connectivity index (χ2n) is 4.84. The van der Waals surface area contributed by atoms with Gasteiger partial charge in [0.2, 0.25) is 0 Å². The van der Waals surface area contributed by atoms with Crippen LogP contribution in [0.1, 0.15) is 23.3 Å². The molecule has 0 aromatic carbocycles. The Morgan fingerprint density at radius 3 is 2.70 bits per heavy atom. The molecule has 0 spiro atoms. The van der Waals surface area contributed by atoms with Crippen LogP contribution in [-0.2, 0) is 12.7 Å². The zero-order valence-corrected chi connectivity index (χ0v) is 11.4. The highest BCUT2D eigenvalue weighted by molar-refractivity contribution is 7.09. The number of pyridine rings is 1. The number of rotatable bonds is 4. The van der Waals surface area contributed by atoms with Gasteiger partial charge in [0.15, 0.2) is 0 Å². The van der Waals surface area contributed by atoms with Crippen molar-refractivity contribution >= 4 is 17.2 Å². The fraction of sp³-hybridized carbons (Fsp3) is 0.357. The minimum atomic E-state index is -4.32. The van der Waals surface area contributed by atoms with Crippen molar-refractivity contribution in [2.75, 3.05) is 4.90 Å². The molecule has 106 valence electrons. The number of thiophene rings is 1. The third kappa shape index (κ3) is 2.95. The number of aromatic nitrogens is 1. The van der Waals surface area contributed by atoms with Crippen LogP contribution >= 0.6 is 11.3 Å². The average molecular weight is 298 g/mol. The summed E-state index contributed by atoms with van der Waals surface area (Å²) < 4.78 is 38.3. The minimum absolute atomic E-state index is 0.313. The second-order valence-corrected chi connectivity index (χ2v) is 5.87. The maximum absolute atomic E-state index is 12.8. The molecule has 1 aliphatic rings. The first-order valence-electron chi connectivity index (χ1n) is 6.36. The van der Waals surface area contributed by atoms with Gasteiger partial charge in [-0.2, -0.15) is 13.2 Å². The fourth-order valence-corrected chi connectivity index (χ4v) is 2.81. The Morgan fingerprint density at radius 1 is 1.30 bits per heavy atom. The quantitative estimate of drug-likeness (QED) is 0.835. The highest BCUT2D eigenvalue weighted by atomic mass is 32.1. The Morgan fingerprint density at radius 2 is 2.10 bits per heavy atom. The first kappa shape index (κ1) is 13.4. The molecule has 6 heteroatoms. The Balaban J connectivity index is 1.88. The van der Waals surface area contributed by atoms with E-state index < -0.39 is 11.7 Å². The molecule has 0 amide bonds. The van der Waals surface area contributed by atoms with Gasteiger partial charge < -0.3 is 4.90 Å². The van der Waals surface area contributed by atoms with E-state index >= 15 is 0 Å². The van der Waals surface area contributed by atoms with Crippen molar-refractivity contribution in [2.24, 2.45) is 0 Å². The number of hydrogen-bond donors (Lipinski definition) is 0. The van der Waals surface area contributed by atoms with Gasteiger partial charge in [-0.3, -0.25) is 0 Å². The molecule has 3 rings (SSSR count). The molecule has 2 nitrogen and oxygen atoms in total. The van der Waals surface area contributed by atoms with Crippen LogP contribution < -0.4 is 4.90 Å². The molecule has 0 atom stereocenters. The van der Waals surface area contributed by atoms with E-state index in [0.29, 0.717) is 18.4 Å². The van der Waals surface area contributed by atoms with Gasteiger partial charge in [0.25, 0.3) is 0 Å². The maximum Gasteiger partial charge on any atom is 0.416 e. The van der Waals surface area contributed by atoms with Crippen LogP contribution in [-0.4, -0.2) is 11.0 Å². The SMILES string of the molecule is FC(F)(F)c1ccnc(N(Cc2cccs2)C2CC2)c1. The van der Waals surface area contributed by atoms with E-state index in [2.05, 4.69) is 4.98 Å². The van der Waals surface area contributed by atoms with Gasteiger partial charge in [0.05, 0.1) is 12.1 Å². The van der Waals surface area contributed by atoms with Crippen molar-refractivity contribution in [3.63, 3.8) is 0 Å². The summed E-state index contributed by atoms with van der Waals surface area (Å²) in [6.07, 6.45) is -1.05. The van der Waals surface area contributed by atoms with Crippen molar-refractivity contribution in [3.05, 3.63) is 46.3 Å². The van der Waals surface area contributed by atoms with Crippen LogP contribution in [0.4, 0.5) is 19.0 Å². The van der Waals surface area contributed by atoms with Gasteiger partial charge in [0.1, 0.15) is 5.82 Å². The second kappa shape index (κ2) is 5.09. The van der Waals surface area contributed by atoms with Crippen molar-refractivity contribution in [3.8, 4) is 0 Å². The Labute approximate surface area is 118 Å². The molecule has 0 N–H and O–H groups in total. The van der Waals surface area contributed by atoms with Crippen LogP contribution in [0.25, 0.3) is 0 Å². The van der Waals surface area contributed by atoms with E-state index in [1.54, 1.807) is 11.3 Å². The van der Waals surface area contributed by atoms with Crippen molar-refractivity contribution in [1.82, 2.24) is 4.98 Å². The molecule has 0 aliphatic heterocycles. The Kier molecular flexibility index (Phi) is 3.41. The lowest BCUT2D eigenvalue weighted by Gasteiger charge is -2.23. The van der Waals surface area contributed by atoms with Crippen LogP contribution in [0, 0.1) is 0 Å². The summed E-state index contributed by atoms with van der Waals surface area (Å²) in [5, 5.41) is 1.97. The molecule has 1 saturated carbocycles. The summed E-state index contributed by atoms with van der Waals surface area (Å²) in [7, 11) is 0. The molecule has 2 aromatic heterocycles. The maximum atomic E-state index is 12.8. The summed E-state index contributed by atoms with van der Waals surface area (Å²) in [6, 6.07) is 6.41. The van der Waals surface area contributed by atoms with Crippen LogP contribution in [0.3, 0.4) is 0 Å². The molecule has 0 unspecified atom stereocenters. The molecule has 2 aromatic rings. The number of nitrogens with zero attached hydrogens (tertiary/aromatic N) is 2. The van der Waals surface area contributed by atoms with E-state index in [-0.39, 0.29) is 0 Å². The largest absolute Gasteiger partial charge is 0.416 e. The normalized spacial score (nSPS) is 15.3. The van der Waals surface area contributed by atoms with E-state index in [9.17, 15) is 13.2 Å². The number of alkyl halides is 3. The Hall–Kier alpha value is -1.56. The minimum Gasteiger partial charge on any atom is -0.348 e. The highest BCUT2D eigenvalue weighted by Crippen LogP contribution is 2.35. The third-order valence-corrected chi connectivity index (χ3v) is 4.12. The van der Waals surface area contributed by atoms with Gasteiger partial charge >= 0.3 is 6.18 Å². The van der Waals surface area contributed by atoms with Crippen LogP contribution in [0.15, 0.2) is 35.8 Å². The smallest absolute Gasteiger partial charge is 0.348 e. The summed E-state index contributed by atoms with van der Waals surface area (Å²) in [5.74, 6) is 0.413. The monoisotopic (exact) mass is 298 g/mol. The molecule has 0 radical (unpaired) electrons. The van der Waals surface area contributed by atoms with Crippen LogP contribution in [0.2, 0.25) is 0 Å². The van der Waals surface area contributed by atoms with Gasteiger partial charge in [-0.05, 0) is 36.4 Å². The van der Waals surface area contributed by atoms with Gasteiger partial charge in [-0.15, -0.1) is 11.3 Å². The van der Waals surface area contributed by atoms with Gasteiger partial charge in [-0.25, -0.2) is 4.98 Å². The lowest BCUT2D eigenvalue weighted by molar-refractivity contribution is -0.137. The van der Waals surface area contributed by atoms with Crippen molar-refractivity contribution in [1.29, 1.82) is 0 Å². The fourth-order valence-electron chi connectivity index (χ4n) is 2.11. The first-order valence-corrected chi connectivity index (χ1v) is 7.24. The lowest BCUT2D eigenvalue weighted by atomic mass is 10.2. The summed E-state index contributed by atoms with van der Waals surface area (Å²) in [5.41, 5.74) is -0.640. The zero-order valence-electron chi connectivity index (χ0n) is 10.6. The molecule has 0 bridgehead atoms. The lowest BCUT2D eigenvalue weighted by Crippen LogP contribution is -2.26. The van der Waals surface area contributed by atoms with Crippen molar-refractivity contribution in [2.45, 2.75) is 31.6 Å². The van der Waals surface area contributed by atoms with E-state index in [1.165, 1.54) is 6.20 Å². The molecule has 2 heterocycles. The molecule has 1 fully saturated rings. The topological polar surface area (TPSA) is 16.1 Å². The highest BCUT2D eigenvalue weighted by Gasteiger charge is 2.34. The Bertz CT molecular complexity index is 576. The first-order chi connectivity index (χ1) is 9.54. The van der Waals surface area contributed by atoms with E-state index in [1.807, 2.05) is 22.4 Å². The number of hydrogen-bond acceptors (Lipinski definition) is 3. The molecule has 0 saturated heterocycles. The predicted octanol–water partition coefficient (Wildman–Crippen LogP) is 4.33.